The standard InChI is InChI=1S/C25H20FNO4/c1-15-7-9-16(10-8-15)23(28)21-22(19-5-3-4-6-20(19)31-2)27(25(30)24(21)29)18-13-11-17(26)12-14-18/h3-14,22,29H,1-2H3. The number of Topliss-reactive ketones (excluding diaryl/α,β-unsaturated/α-hetero) is 1. The van der Waals surface area contributed by atoms with E-state index in [1.54, 1.807) is 48.5 Å². The number of aliphatic hydroxyl groups excluding tert-OH is 1. The number of benzene rings is 3. The van der Waals surface area contributed by atoms with Crippen molar-refractivity contribution in [2.45, 2.75) is 13.0 Å². The molecule has 0 bridgehead atoms. The number of halogens is 1. The van der Waals surface area contributed by atoms with Crippen molar-refractivity contribution in [3.63, 3.8) is 0 Å². The summed E-state index contributed by atoms with van der Waals surface area (Å²) >= 11 is 0. The largest absolute Gasteiger partial charge is 0.503 e. The van der Waals surface area contributed by atoms with Crippen LogP contribution in [-0.2, 0) is 4.79 Å². The molecule has 0 saturated carbocycles. The van der Waals surface area contributed by atoms with E-state index in [0.29, 0.717) is 22.6 Å². The summed E-state index contributed by atoms with van der Waals surface area (Å²) in [5.74, 6) is -1.84. The van der Waals surface area contributed by atoms with Gasteiger partial charge in [-0.05, 0) is 37.3 Å². The van der Waals surface area contributed by atoms with Crippen molar-refractivity contribution >= 4 is 17.4 Å². The Morgan fingerprint density at radius 2 is 1.65 bits per heavy atom. The molecule has 1 aliphatic rings. The molecule has 4 rings (SSSR count). The molecule has 6 heteroatoms. The van der Waals surface area contributed by atoms with Gasteiger partial charge in [-0.3, -0.25) is 14.5 Å². The van der Waals surface area contributed by atoms with Gasteiger partial charge in [0.2, 0.25) is 0 Å². The average Bonchev–Trinajstić information content (AvgIpc) is 3.05. The van der Waals surface area contributed by atoms with Gasteiger partial charge in [0.05, 0.1) is 18.7 Å². The lowest BCUT2D eigenvalue weighted by Crippen LogP contribution is -2.31. The van der Waals surface area contributed by atoms with Crippen LogP contribution in [0.4, 0.5) is 10.1 Å². The van der Waals surface area contributed by atoms with Crippen LogP contribution < -0.4 is 9.64 Å². The number of nitrogens with zero attached hydrogens (tertiary/aromatic N) is 1. The zero-order chi connectivity index (χ0) is 22.1. The van der Waals surface area contributed by atoms with E-state index in [-0.39, 0.29) is 5.57 Å². The number of carbonyl (C=O) groups excluding carboxylic acids is 2. The Bertz CT molecular complexity index is 1180. The van der Waals surface area contributed by atoms with E-state index in [1.165, 1.54) is 36.3 Å². The van der Waals surface area contributed by atoms with Crippen molar-refractivity contribution in [3.05, 3.63) is 107 Å². The summed E-state index contributed by atoms with van der Waals surface area (Å²) in [6.45, 7) is 1.90. The number of methoxy groups -OCH3 is 1. The van der Waals surface area contributed by atoms with Crippen LogP contribution in [0.3, 0.4) is 0 Å². The molecule has 3 aromatic carbocycles. The summed E-state index contributed by atoms with van der Waals surface area (Å²) in [6, 6.07) is 18.2. The highest BCUT2D eigenvalue weighted by molar-refractivity contribution is 6.21. The molecule has 1 amide bonds. The van der Waals surface area contributed by atoms with E-state index in [9.17, 15) is 19.1 Å². The van der Waals surface area contributed by atoms with Gasteiger partial charge in [-0.2, -0.15) is 0 Å². The first-order valence-electron chi connectivity index (χ1n) is 9.69. The van der Waals surface area contributed by atoms with E-state index in [4.69, 9.17) is 4.74 Å². The van der Waals surface area contributed by atoms with E-state index in [1.807, 2.05) is 6.92 Å². The number of carbonyl (C=O) groups is 2. The molecule has 0 saturated heterocycles. The molecule has 1 unspecified atom stereocenters. The molecule has 0 aromatic heterocycles. The van der Waals surface area contributed by atoms with Gasteiger partial charge in [-0.25, -0.2) is 4.39 Å². The normalized spacial score (nSPS) is 16.0. The molecule has 0 radical (unpaired) electrons. The molecule has 5 nitrogen and oxygen atoms in total. The minimum absolute atomic E-state index is 0.0531. The number of ketones is 1. The fourth-order valence-electron chi connectivity index (χ4n) is 3.75. The quantitative estimate of drug-likeness (QED) is 0.598. The van der Waals surface area contributed by atoms with Crippen molar-refractivity contribution < 1.29 is 23.8 Å². The maximum Gasteiger partial charge on any atom is 0.294 e. The molecular formula is C25H20FNO4. The molecule has 156 valence electrons. The molecule has 0 fully saturated rings. The highest BCUT2D eigenvalue weighted by Gasteiger charge is 2.45. The second-order valence-electron chi connectivity index (χ2n) is 7.25. The molecular weight excluding hydrogens is 397 g/mol. The Morgan fingerprint density at radius 3 is 2.29 bits per heavy atom. The Morgan fingerprint density at radius 1 is 1.00 bits per heavy atom. The summed E-state index contributed by atoms with van der Waals surface area (Å²) in [5, 5.41) is 10.8. The predicted molar refractivity (Wildman–Crippen MR) is 115 cm³/mol. The number of aliphatic hydroxyl groups is 1. The topological polar surface area (TPSA) is 66.8 Å². The Kier molecular flexibility index (Phi) is 5.29. The Labute approximate surface area is 179 Å². The molecule has 31 heavy (non-hydrogen) atoms. The first-order valence-corrected chi connectivity index (χ1v) is 9.69. The smallest absolute Gasteiger partial charge is 0.294 e. The number of ether oxygens (including phenoxy) is 1. The summed E-state index contributed by atoms with van der Waals surface area (Å²) in [4.78, 5) is 27.8. The van der Waals surface area contributed by atoms with E-state index in [0.717, 1.165) is 5.56 Å². The van der Waals surface area contributed by atoms with Gasteiger partial charge >= 0.3 is 0 Å². The zero-order valence-electron chi connectivity index (χ0n) is 17.0. The number of rotatable bonds is 5. The fraction of sp³-hybridized carbons (Fsp3) is 0.120. The number of anilines is 1. The van der Waals surface area contributed by atoms with Crippen LogP contribution in [0.2, 0.25) is 0 Å². The monoisotopic (exact) mass is 417 g/mol. The van der Waals surface area contributed by atoms with Crippen LogP contribution in [0.25, 0.3) is 0 Å². The second-order valence-corrected chi connectivity index (χ2v) is 7.25. The molecule has 0 aliphatic carbocycles. The lowest BCUT2D eigenvalue weighted by Gasteiger charge is -2.28. The van der Waals surface area contributed by atoms with Crippen LogP contribution in [0.5, 0.6) is 5.75 Å². The van der Waals surface area contributed by atoms with Gasteiger partial charge in [0.15, 0.2) is 11.5 Å². The van der Waals surface area contributed by atoms with Gasteiger partial charge in [-0.1, -0.05) is 48.0 Å². The molecule has 0 spiro atoms. The van der Waals surface area contributed by atoms with Crippen molar-refractivity contribution in [1.29, 1.82) is 0 Å². The van der Waals surface area contributed by atoms with Gasteiger partial charge in [-0.15, -0.1) is 0 Å². The third-order valence-corrected chi connectivity index (χ3v) is 5.30. The number of amides is 1. The molecule has 1 atom stereocenters. The van der Waals surface area contributed by atoms with Crippen molar-refractivity contribution in [2.75, 3.05) is 12.0 Å². The SMILES string of the molecule is COc1ccccc1C1C(C(=O)c2ccc(C)cc2)=C(O)C(=O)N1c1ccc(F)cc1. The van der Waals surface area contributed by atoms with Crippen LogP contribution in [0.15, 0.2) is 84.1 Å². The first kappa shape index (κ1) is 20.3. The fourth-order valence-corrected chi connectivity index (χ4v) is 3.75. The van der Waals surface area contributed by atoms with Crippen LogP contribution >= 0.6 is 0 Å². The van der Waals surface area contributed by atoms with Crippen LogP contribution in [-0.4, -0.2) is 23.9 Å². The predicted octanol–water partition coefficient (Wildman–Crippen LogP) is 4.93. The minimum Gasteiger partial charge on any atom is -0.503 e. The lowest BCUT2D eigenvalue weighted by atomic mass is 9.91. The molecule has 1 heterocycles. The highest BCUT2D eigenvalue weighted by atomic mass is 19.1. The van der Waals surface area contributed by atoms with E-state index in [2.05, 4.69) is 0 Å². The third kappa shape index (κ3) is 3.57. The molecule has 3 aromatic rings. The van der Waals surface area contributed by atoms with Crippen molar-refractivity contribution in [2.24, 2.45) is 0 Å². The van der Waals surface area contributed by atoms with Gasteiger partial charge < -0.3 is 9.84 Å². The number of aryl methyl sites for hydroxylation is 1. The molecule has 1 N–H and O–H groups in total. The number of hydrogen-bond acceptors (Lipinski definition) is 4. The Balaban J connectivity index is 1.91. The van der Waals surface area contributed by atoms with Gasteiger partial charge in [0.1, 0.15) is 11.6 Å². The maximum absolute atomic E-state index is 13.5. The Hall–Kier alpha value is -3.93. The van der Waals surface area contributed by atoms with Crippen molar-refractivity contribution in [1.82, 2.24) is 0 Å². The number of para-hydroxylation sites is 1. The van der Waals surface area contributed by atoms with E-state index < -0.39 is 29.3 Å². The van der Waals surface area contributed by atoms with Gasteiger partial charge in [0.25, 0.3) is 5.91 Å². The average molecular weight is 417 g/mol. The summed E-state index contributed by atoms with van der Waals surface area (Å²) in [5.41, 5.74) is 2.15. The van der Waals surface area contributed by atoms with Crippen LogP contribution in [0, 0.1) is 12.7 Å². The zero-order valence-corrected chi connectivity index (χ0v) is 17.0. The third-order valence-electron chi connectivity index (χ3n) is 5.30. The minimum atomic E-state index is -0.942. The lowest BCUT2D eigenvalue weighted by molar-refractivity contribution is -0.117. The molecule has 1 aliphatic heterocycles. The second kappa shape index (κ2) is 8.07. The van der Waals surface area contributed by atoms with Crippen LogP contribution in [0.1, 0.15) is 27.5 Å². The summed E-state index contributed by atoms with van der Waals surface area (Å²) in [6.07, 6.45) is 0. The highest BCUT2D eigenvalue weighted by Crippen LogP contribution is 2.44. The maximum atomic E-state index is 13.5. The van der Waals surface area contributed by atoms with E-state index >= 15 is 0 Å². The summed E-state index contributed by atoms with van der Waals surface area (Å²) < 4.78 is 19.0. The van der Waals surface area contributed by atoms with Crippen molar-refractivity contribution in [3.8, 4) is 5.75 Å². The first-order chi connectivity index (χ1) is 14.9. The van der Waals surface area contributed by atoms with Gasteiger partial charge in [0, 0.05) is 16.8 Å². The summed E-state index contributed by atoms with van der Waals surface area (Å²) in [7, 11) is 1.49. The number of hydrogen-bond donors (Lipinski definition) is 1.